The molecular formula is C44H44N2. The molecule has 0 unspecified atom stereocenters. The lowest BCUT2D eigenvalue weighted by molar-refractivity contribution is 1.22. The molecule has 0 heterocycles. The van der Waals surface area contributed by atoms with E-state index in [4.69, 9.17) is 0 Å². The third kappa shape index (κ3) is 6.48. The quantitative estimate of drug-likeness (QED) is 0.180. The van der Waals surface area contributed by atoms with Crippen molar-refractivity contribution >= 4 is 34.1 Å². The number of hydrogen-bond donors (Lipinski definition) is 0. The van der Waals surface area contributed by atoms with E-state index in [2.05, 4.69) is 187 Å². The van der Waals surface area contributed by atoms with E-state index in [1.807, 2.05) is 0 Å². The zero-order valence-electron chi connectivity index (χ0n) is 28.4. The van der Waals surface area contributed by atoms with E-state index in [0.717, 1.165) is 5.69 Å². The number of hydrogen-bond acceptors (Lipinski definition) is 2. The van der Waals surface area contributed by atoms with Gasteiger partial charge in [0.15, 0.2) is 0 Å². The van der Waals surface area contributed by atoms with Gasteiger partial charge in [-0.15, -0.1) is 0 Å². The number of benzene rings is 6. The van der Waals surface area contributed by atoms with Gasteiger partial charge in [0.25, 0.3) is 0 Å². The molecule has 0 aliphatic carbocycles. The van der Waals surface area contributed by atoms with Crippen LogP contribution in [0.5, 0.6) is 0 Å². The Morgan fingerprint density at radius 1 is 0.326 bits per heavy atom. The van der Waals surface area contributed by atoms with Gasteiger partial charge in [0, 0.05) is 34.1 Å². The molecule has 0 radical (unpaired) electrons. The number of anilines is 6. The monoisotopic (exact) mass is 600 g/mol. The van der Waals surface area contributed by atoms with Crippen molar-refractivity contribution < 1.29 is 0 Å². The molecule has 6 aromatic carbocycles. The number of aryl methyl sites for hydroxylation is 8. The zero-order valence-corrected chi connectivity index (χ0v) is 28.4. The van der Waals surface area contributed by atoms with Crippen molar-refractivity contribution in [1.82, 2.24) is 0 Å². The lowest BCUT2D eigenvalue weighted by atomic mass is 9.96. The Bertz CT molecular complexity index is 2010. The summed E-state index contributed by atoms with van der Waals surface area (Å²) in [5.74, 6) is 0. The summed E-state index contributed by atoms with van der Waals surface area (Å²) in [5.41, 5.74) is 19.5. The fourth-order valence-corrected chi connectivity index (χ4v) is 6.75. The first-order chi connectivity index (χ1) is 22.0. The van der Waals surface area contributed by atoms with Gasteiger partial charge in [-0.25, -0.2) is 0 Å². The van der Waals surface area contributed by atoms with Crippen LogP contribution in [0, 0.1) is 55.4 Å². The van der Waals surface area contributed by atoms with Gasteiger partial charge in [-0.1, -0.05) is 48.5 Å². The van der Waals surface area contributed by atoms with Crippen LogP contribution < -0.4 is 9.80 Å². The van der Waals surface area contributed by atoms with Crippen LogP contribution in [0.3, 0.4) is 0 Å². The molecule has 6 aromatic rings. The highest BCUT2D eigenvalue weighted by Gasteiger charge is 2.18. The lowest BCUT2D eigenvalue weighted by Crippen LogP contribution is -2.12. The Labute approximate surface area is 275 Å². The highest BCUT2D eigenvalue weighted by molar-refractivity contribution is 5.83. The van der Waals surface area contributed by atoms with E-state index in [9.17, 15) is 0 Å². The molecule has 230 valence electrons. The normalized spacial score (nSPS) is 11.0. The molecule has 0 saturated heterocycles. The summed E-state index contributed by atoms with van der Waals surface area (Å²) in [6, 6.07) is 44.9. The van der Waals surface area contributed by atoms with Crippen LogP contribution in [0.1, 0.15) is 44.5 Å². The predicted octanol–water partition coefficient (Wildman–Crippen LogP) is 12.8. The lowest BCUT2D eigenvalue weighted by Gasteiger charge is -2.29. The molecule has 0 aliphatic rings. The van der Waals surface area contributed by atoms with Gasteiger partial charge in [0.05, 0.1) is 0 Å². The molecule has 0 atom stereocenters. The van der Waals surface area contributed by atoms with E-state index in [1.54, 1.807) is 0 Å². The minimum atomic E-state index is 1.16. The molecular weight excluding hydrogens is 556 g/mol. The summed E-state index contributed by atoms with van der Waals surface area (Å²) in [5, 5.41) is 0. The summed E-state index contributed by atoms with van der Waals surface area (Å²) in [6.07, 6.45) is 0. The second-order valence-corrected chi connectivity index (χ2v) is 13.0. The molecule has 0 aromatic heterocycles. The van der Waals surface area contributed by atoms with Gasteiger partial charge < -0.3 is 9.80 Å². The molecule has 0 bridgehead atoms. The molecule has 2 nitrogen and oxygen atoms in total. The van der Waals surface area contributed by atoms with Gasteiger partial charge in [0.2, 0.25) is 0 Å². The SMILES string of the molecule is Cc1cccc(N(c2cc(C)cc(C)c2)c2ccc(-c3ccc(N(c4cccc(C)c4)c4cc(C)cc(C)c4)c(C)c3)c(C)c2)c1. The van der Waals surface area contributed by atoms with Crippen molar-refractivity contribution in [3.05, 3.63) is 166 Å². The molecule has 0 aliphatic heterocycles. The van der Waals surface area contributed by atoms with Crippen LogP contribution >= 0.6 is 0 Å². The number of nitrogens with zero attached hydrogens (tertiary/aromatic N) is 2. The van der Waals surface area contributed by atoms with Crippen LogP contribution in [0.25, 0.3) is 11.1 Å². The average molecular weight is 601 g/mol. The van der Waals surface area contributed by atoms with Crippen molar-refractivity contribution in [2.75, 3.05) is 9.80 Å². The second kappa shape index (κ2) is 12.7. The summed E-state index contributed by atoms with van der Waals surface area (Å²) >= 11 is 0. The third-order valence-electron chi connectivity index (χ3n) is 8.67. The highest BCUT2D eigenvalue weighted by atomic mass is 15.1. The summed E-state index contributed by atoms with van der Waals surface area (Å²) < 4.78 is 0. The maximum absolute atomic E-state index is 2.39. The van der Waals surface area contributed by atoms with E-state index in [1.165, 1.54) is 84.1 Å². The first kappa shape index (κ1) is 30.9. The predicted molar refractivity (Wildman–Crippen MR) is 199 cm³/mol. The van der Waals surface area contributed by atoms with E-state index in [0.29, 0.717) is 0 Å². The summed E-state index contributed by atoms with van der Waals surface area (Å²) in [6.45, 7) is 17.5. The second-order valence-electron chi connectivity index (χ2n) is 13.0. The smallest absolute Gasteiger partial charge is 0.0491 e. The Morgan fingerprint density at radius 2 is 0.804 bits per heavy atom. The van der Waals surface area contributed by atoms with Crippen LogP contribution in [0.15, 0.2) is 121 Å². The van der Waals surface area contributed by atoms with Crippen molar-refractivity contribution in [2.45, 2.75) is 55.4 Å². The van der Waals surface area contributed by atoms with E-state index < -0.39 is 0 Å². The minimum absolute atomic E-state index is 1.16. The van der Waals surface area contributed by atoms with Crippen molar-refractivity contribution in [1.29, 1.82) is 0 Å². The first-order valence-corrected chi connectivity index (χ1v) is 16.2. The average Bonchev–Trinajstić information content (AvgIpc) is 2.98. The van der Waals surface area contributed by atoms with Crippen LogP contribution in [-0.2, 0) is 0 Å². The van der Waals surface area contributed by atoms with E-state index >= 15 is 0 Å². The minimum Gasteiger partial charge on any atom is -0.310 e. The van der Waals surface area contributed by atoms with Crippen molar-refractivity contribution in [3.8, 4) is 11.1 Å². The largest absolute Gasteiger partial charge is 0.310 e. The topological polar surface area (TPSA) is 6.48 Å². The zero-order chi connectivity index (χ0) is 32.5. The standard InChI is InChI=1S/C44H44N2/c1-29-11-9-13-38(21-29)45(41-23-31(3)19-32(4)24-41)40-16-17-43(35(7)28-40)37-15-18-44(36(8)27-37)46(39-14-10-12-30(2)22-39)42-25-33(5)20-34(6)26-42/h9-28H,1-8H3. The van der Waals surface area contributed by atoms with Gasteiger partial charge in [-0.05, 0) is 184 Å². The molecule has 0 spiro atoms. The first-order valence-electron chi connectivity index (χ1n) is 16.2. The molecule has 46 heavy (non-hydrogen) atoms. The maximum atomic E-state index is 2.39. The molecule has 0 fully saturated rings. The van der Waals surface area contributed by atoms with Gasteiger partial charge in [-0.3, -0.25) is 0 Å². The van der Waals surface area contributed by atoms with Crippen LogP contribution in [0.4, 0.5) is 34.1 Å². The fraction of sp³-hybridized carbons (Fsp3) is 0.182. The Morgan fingerprint density at radius 3 is 1.30 bits per heavy atom. The van der Waals surface area contributed by atoms with Gasteiger partial charge in [0.1, 0.15) is 0 Å². The van der Waals surface area contributed by atoms with E-state index in [-0.39, 0.29) is 0 Å². The third-order valence-corrected chi connectivity index (χ3v) is 8.67. The summed E-state index contributed by atoms with van der Waals surface area (Å²) in [4.78, 5) is 4.77. The van der Waals surface area contributed by atoms with Crippen LogP contribution in [0.2, 0.25) is 0 Å². The van der Waals surface area contributed by atoms with Crippen molar-refractivity contribution in [2.24, 2.45) is 0 Å². The maximum Gasteiger partial charge on any atom is 0.0491 e. The number of rotatable bonds is 7. The Balaban J connectivity index is 1.42. The highest BCUT2D eigenvalue weighted by Crippen LogP contribution is 2.41. The molecule has 0 amide bonds. The Kier molecular flexibility index (Phi) is 8.56. The summed E-state index contributed by atoms with van der Waals surface area (Å²) in [7, 11) is 0. The van der Waals surface area contributed by atoms with Crippen molar-refractivity contribution in [3.63, 3.8) is 0 Å². The Hall–Kier alpha value is -5.08. The molecule has 2 heteroatoms. The van der Waals surface area contributed by atoms with Gasteiger partial charge >= 0.3 is 0 Å². The molecule has 0 N–H and O–H groups in total. The molecule has 0 saturated carbocycles. The van der Waals surface area contributed by atoms with Gasteiger partial charge in [-0.2, -0.15) is 0 Å². The fourth-order valence-electron chi connectivity index (χ4n) is 6.75. The molecule has 6 rings (SSSR count). The van der Waals surface area contributed by atoms with Crippen LogP contribution in [-0.4, -0.2) is 0 Å².